The van der Waals surface area contributed by atoms with Crippen molar-refractivity contribution < 1.29 is 24.3 Å². The fraction of sp³-hybridized carbons (Fsp3) is 0.304. The maximum absolute atomic E-state index is 13.3. The number of carbonyl (C=O) groups is 4. The monoisotopic (exact) mass is 457 g/mol. The first kappa shape index (κ1) is 23.1. The Morgan fingerprint density at radius 1 is 0.903 bits per heavy atom. The zero-order valence-electron chi connectivity index (χ0n) is 16.8. The van der Waals surface area contributed by atoms with Crippen LogP contribution in [0.3, 0.4) is 0 Å². The normalized spacial score (nSPS) is 17.0. The molecule has 2 unspecified atom stereocenters. The minimum atomic E-state index is -1.04. The lowest BCUT2D eigenvalue weighted by atomic mass is 10.0. The number of likely N-dealkylation sites (tertiary alicyclic amines) is 1. The maximum atomic E-state index is 13.3. The van der Waals surface area contributed by atoms with Gasteiger partial charge in [0.05, 0.1) is 0 Å². The van der Waals surface area contributed by atoms with E-state index in [2.05, 4.69) is 0 Å². The van der Waals surface area contributed by atoms with Crippen LogP contribution in [0.1, 0.15) is 40.0 Å². The summed E-state index contributed by atoms with van der Waals surface area (Å²) >= 11 is 1.82. The molecule has 6 nitrogen and oxygen atoms in total. The molecule has 1 fully saturated rings. The molecule has 1 aliphatic heterocycles. The van der Waals surface area contributed by atoms with Gasteiger partial charge in [-0.25, -0.2) is 4.79 Å². The van der Waals surface area contributed by atoms with Crippen molar-refractivity contribution in [2.45, 2.75) is 30.6 Å². The van der Waals surface area contributed by atoms with Crippen LogP contribution >= 0.6 is 23.5 Å². The highest BCUT2D eigenvalue weighted by Gasteiger charge is 2.37. The third-order valence-corrected chi connectivity index (χ3v) is 7.29. The minimum Gasteiger partial charge on any atom is -0.480 e. The SMILES string of the molecule is O=C(SCC(SC(=O)c1ccccc1)C(=O)N1CCCCC1C(=O)O)c1ccccc1. The Kier molecular flexibility index (Phi) is 8.31. The van der Waals surface area contributed by atoms with Gasteiger partial charge in [0.1, 0.15) is 11.3 Å². The molecule has 0 spiro atoms. The molecule has 0 bridgehead atoms. The van der Waals surface area contributed by atoms with Gasteiger partial charge in [-0.2, -0.15) is 0 Å². The maximum Gasteiger partial charge on any atom is 0.326 e. The molecule has 8 heteroatoms. The van der Waals surface area contributed by atoms with Crippen LogP contribution in [0.5, 0.6) is 0 Å². The van der Waals surface area contributed by atoms with Crippen LogP contribution in [0.4, 0.5) is 0 Å². The van der Waals surface area contributed by atoms with Crippen molar-refractivity contribution in [1.82, 2.24) is 4.90 Å². The van der Waals surface area contributed by atoms with E-state index in [-0.39, 0.29) is 16.0 Å². The van der Waals surface area contributed by atoms with Crippen LogP contribution in [-0.2, 0) is 9.59 Å². The summed E-state index contributed by atoms with van der Waals surface area (Å²) in [4.78, 5) is 51.6. The van der Waals surface area contributed by atoms with Crippen LogP contribution < -0.4 is 0 Å². The lowest BCUT2D eigenvalue weighted by Crippen LogP contribution is -2.51. The predicted octanol–water partition coefficient (Wildman–Crippen LogP) is 3.97. The number of hydrogen-bond acceptors (Lipinski definition) is 6. The van der Waals surface area contributed by atoms with Gasteiger partial charge in [-0.1, -0.05) is 84.2 Å². The lowest BCUT2D eigenvalue weighted by molar-refractivity contribution is -0.151. The third kappa shape index (κ3) is 6.21. The summed E-state index contributed by atoms with van der Waals surface area (Å²) in [5.74, 6) is -1.37. The summed E-state index contributed by atoms with van der Waals surface area (Å²) in [5.41, 5.74) is 0.970. The Labute approximate surface area is 189 Å². The second-order valence-corrected chi connectivity index (χ2v) is 9.27. The van der Waals surface area contributed by atoms with Crippen LogP contribution in [-0.4, -0.2) is 55.7 Å². The molecule has 1 saturated heterocycles. The lowest BCUT2D eigenvalue weighted by Gasteiger charge is -2.35. The summed E-state index contributed by atoms with van der Waals surface area (Å²) in [6.07, 6.45) is 1.85. The molecule has 2 aromatic rings. The molecule has 1 N–H and O–H groups in total. The van der Waals surface area contributed by atoms with Crippen LogP contribution in [0.2, 0.25) is 0 Å². The molecule has 31 heavy (non-hydrogen) atoms. The van der Waals surface area contributed by atoms with Crippen molar-refractivity contribution in [3.63, 3.8) is 0 Å². The van der Waals surface area contributed by atoms with Crippen molar-refractivity contribution in [1.29, 1.82) is 0 Å². The summed E-state index contributed by atoms with van der Waals surface area (Å²) in [5, 5.41) is 8.21. The number of nitrogens with zero attached hydrogens (tertiary/aromatic N) is 1. The van der Waals surface area contributed by atoms with Gasteiger partial charge in [-0.15, -0.1) is 0 Å². The van der Waals surface area contributed by atoms with Crippen molar-refractivity contribution in [2.75, 3.05) is 12.3 Å². The van der Waals surface area contributed by atoms with E-state index < -0.39 is 23.2 Å². The standard InChI is InChI=1S/C23H23NO5S2/c25-20(24-14-8-7-13-18(24)21(26)27)19(31-23(29)17-11-5-2-6-12-17)15-30-22(28)16-9-3-1-4-10-16/h1-6,9-12,18-19H,7-8,13-15H2,(H,26,27). The van der Waals surface area contributed by atoms with E-state index in [1.54, 1.807) is 54.6 Å². The first-order valence-electron chi connectivity index (χ1n) is 9.99. The number of hydrogen-bond donors (Lipinski definition) is 1. The fourth-order valence-electron chi connectivity index (χ4n) is 3.37. The quantitative estimate of drug-likeness (QED) is 0.673. The van der Waals surface area contributed by atoms with Gasteiger partial charge in [-0.3, -0.25) is 14.4 Å². The number of thioether (sulfide) groups is 2. The zero-order valence-corrected chi connectivity index (χ0v) is 18.4. The van der Waals surface area contributed by atoms with Gasteiger partial charge in [0.25, 0.3) is 0 Å². The van der Waals surface area contributed by atoms with E-state index >= 15 is 0 Å². The highest BCUT2D eigenvalue weighted by Crippen LogP contribution is 2.28. The van der Waals surface area contributed by atoms with Crippen molar-refractivity contribution in [3.8, 4) is 0 Å². The van der Waals surface area contributed by atoms with Crippen LogP contribution in [0.25, 0.3) is 0 Å². The summed E-state index contributed by atoms with van der Waals surface area (Å²) in [6.45, 7) is 0.337. The van der Waals surface area contributed by atoms with Gasteiger partial charge < -0.3 is 10.0 Å². The Hall–Kier alpha value is -2.58. The molecule has 162 valence electrons. The molecule has 0 aliphatic carbocycles. The Morgan fingerprint density at radius 2 is 1.48 bits per heavy atom. The molecule has 0 saturated carbocycles. The van der Waals surface area contributed by atoms with E-state index in [1.165, 1.54) is 4.90 Å². The van der Waals surface area contributed by atoms with Crippen LogP contribution in [0, 0.1) is 0 Å². The number of carbonyl (C=O) groups excluding carboxylic acids is 3. The van der Waals surface area contributed by atoms with Gasteiger partial charge in [-0.05, 0) is 19.3 Å². The second-order valence-electron chi connectivity index (χ2n) is 7.11. The first-order chi connectivity index (χ1) is 15.0. The smallest absolute Gasteiger partial charge is 0.326 e. The molecule has 1 aliphatic rings. The summed E-state index contributed by atoms with van der Waals surface area (Å²) in [7, 11) is 0. The number of piperidine rings is 1. The van der Waals surface area contributed by atoms with E-state index in [1.807, 2.05) is 6.07 Å². The van der Waals surface area contributed by atoms with E-state index in [0.29, 0.717) is 24.1 Å². The first-order valence-corrected chi connectivity index (χ1v) is 11.9. The van der Waals surface area contributed by atoms with E-state index in [0.717, 1.165) is 36.4 Å². The second kappa shape index (κ2) is 11.2. The van der Waals surface area contributed by atoms with Crippen LogP contribution in [0.15, 0.2) is 60.7 Å². The Morgan fingerprint density at radius 3 is 2.06 bits per heavy atom. The fourth-order valence-corrected chi connectivity index (χ4v) is 5.36. The molecule has 1 heterocycles. The highest BCUT2D eigenvalue weighted by atomic mass is 32.2. The molecule has 3 rings (SSSR count). The Balaban J connectivity index is 1.77. The zero-order chi connectivity index (χ0) is 22.2. The molecule has 1 amide bonds. The van der Waals surface area contributed by atoms with Gasteiger partial charge in [0, 0.05) is 23.4 Å². The number of amides is 1. The minimum absolute atomic E-state index is 0.0820. The molecular weight excluding hydrogens is 434 g/mol. The predicted molar refractivity (Wildman–Crippen MR) is 122 cm³/mol. The summed E-state index contributed by atoms with van der Waals surface area (Å²) < 4.78 is 0. The number of benzene rings is 2. The van der Waals surface area contributed by atoms with Crippen molar-refractivity contribution in [2.24, 2.45) is 0 Å². The van der Waals surface area contributed by atoms with Gasteiger partial charge in [0.15, 0.2) is 0 Å². The van der Waals surface area contributed by atoms with Gasteiger partial charge >= 0.3 is 5.97 Å². The molecule has 0 radical (unpaired) electrons. The van der Waals surface area contributed by atoms with E-state index in [9.17, 15) is 24.3 Å². The van der Waals surface area contributed by atoms with E-state index in [4.69, 9.17) is 0 Å². The average molecular weight is 458 g/mol. The van der Waals surface area contributed by atoms with Crippen molar-refractivity contribution in [3.05, 3.63) is 71.8 Å². The number of carboxylic acid groups (broad SMARTS) is 1. The topological polar surface area (TPSA) is 91.8 Å². The number of aliphatic carboxylic acids is 1. The largest absolute Gasteiger partial charge is 0.480 e. The van der Waals surface area contributed by atoms with Crippen molar-refractivity contribution >= 4 is 45.6 Å². The summed E-state index contributed by atoms with van der Waals surface area (Å²) in [6, 6.07) is 16.4. The molecule has 2 aromatic carbocycles. The van der Waals surface area contributed by atoms with Gasteiger partial charge in [0.2, 0.25) is 16.1 Å². The Bertz CT molecular complexity index is 935. The molecule has 2 atom stereocenters. The average Bonchev–Trinajstić information content (AvgIpc) is 2.82. The molecular formula is C23H23NO5S2. The number of carboxylic acids is 1. The highest BCUT2D eigenvalue weighted by molar-refractivity contribution is 8.18. The number of rotatable bonds is 7. The third-order valence-electron chi connectivity index (χ3n) is 4.98. The molecule has 0 aromatic heterocycles.